The molecule has 0 bridgehead atoms. The zero-order chi connectivity index (χ0) is 24.7. The quantitative estimate of drug-likeness (QED) is 0.393. The van der Waals surface area contributed by atoms with Crippen LogP contribution in [0.2, 0.25) is 10.0 Å². The Hall–Kier alpha value is -3.68. The average molecular weight is 512 g/mol. The van der Waals surface area contributed by atoms with Crippen molar-refractivity contribution in [3.63, 3.8) is 0 Å². The molecule has 0 fully saturated rings. The number of hydrogen-bond donors (Lipinski definition) is 3. The normalized spacial score (nSPS) is 14.7. The van der Waals surface area contributed by atoms with Gasteiger partial charge in [0.15, 0.2) is 0 Å². The second kappa shape index (κ2) is 9.17. The number of aromatic carboxylic acids is 1. The molecule has 0 saturated carbocycles. The predicted molar refractivity (Wildman–Crippen MR) is 133 cm³/mol. The number of hydrogen-bond acceptors (Lipinski definition) is 4. The third kappa shape index (κ3) is 4.40. The maximum atomic E-state index is 14.7. The molecule has 0 spiro atoms. The number of nitrogens with zero attached hydrogens (tertiary/aromatic N) is 1. The molecule has 0 aliphatic carbocycles. The highest BCUT2D eigenvalue weighted by atomic mass is 35.5. The number of carbonyl (C=O) groups is 1. The second-order valence-electron chi connectivity index (χ2n) is 8.00. The lowest BCUT2D eigenvalue weighted by molar-refractivity contribution is 0.0697. The SMILES string of the molecule is O=C(O)c1ccc(NC2=CC3=C(CN=C(c4c(F)cccc4F)c4cc(Cl)ccc43)CN2)cc1Cl. The molecule has 5 nitrogen and oxygen atoms in total. The molecule has 3 aromatic rings. The molecule has 0 unspecified atom stereocenters. The lowest BCUT2D eigenvalue weighted by Gasteiger charge is -2.23. The van der Waals surface area contributed by atoms with Crippen molar-refractivity contribution in [2.75, 3.05) is 18.4 Å². The van der Waals surface area contributed by atoms with Crippen LogP contribution in [0.1, 0.15) is 27.0 Å². The Bertz CT molecular complexity index is 1460. The molecule has 3 aromatic carbocycles. The Labute approximate surface area is 209 Å². The lowest BCUT2D eigenvalue weighted by Crippen LogP contribution is -2.27. The van der Waals surface area contributed by atoms with E-state index in [0.717, 1.165) is 16.7 Å². The first-order chi connectivity index (χ1) is 16.8. The van der Waals surface area contributed by atoms with Gasteiger partial charge in [-0.05, 0) is 65.3 Å². The molecule has 2 aliphatic heterocycles. The summed E-state index contributed by atoms with van der Waals surface area (Å²) in [6.07, 6.45) is 1.88. The summed E-state index contributed by atoms with van der Waals surface area (Å²) < 4.78 is 29.4. The van der Waals surface area contributed by atoms with Crippen molar-refractivity contribution in [2.45, 2.75) is 0 Å². The zero-order valence-electron chi connectivity index (χ0n) is 18.0. The van der Waals surface area contributed by atoms with E-state index in [1.807, 2.05) is 12.1 Å². The molecular weight excluding hydrogens is 495 g/mol. The number of halogens is 4. The van der Waals surface area contributed by atoms with Crippen molar-refractivity contribution in [1.82, 2.24) is 5.32 Å². The summed E-state index contributed by atoms with van der Waals surface area (Å²) in [5, 5.41) is 16.2. The van der Waals surface area contributed by atoms with Gasteiger partial charge in [0.2, 0.25) is 0 Å². The maximum absolute atomic E-state index is 14.7. The Morgan fingerprint density at radius 2 is 1.80 bits per heavy atom. The summed E-state index contributed by atoms with van der Waals surface area (Å²) in [4.78, 5) is 15.8. The van der Waals surface area contributed by atoms with Crippen molar-refractivity contribution in [3.05, 3.63) is 116 Å². The smallest absolute Gasteiger partial charge is 0.337 e. The number of anilines is 1. The third-order valence-electron chi connectivity index (χ3n) is 5.79. The average Bonchev–Trinajstić information content (AvgIpc) is 2.96. The molecule has 0 amide bonds. The highest BCUT2D eigenvalue weighted by Crippen LogP contribution is 2.34. The van der Waals surface area contributed by atoms with E-state index >= 15 is 0 Å². The van der Waals surface area contributed by atoms with E-state index in [1.165, 1.54) is 30.3 Å². The summed E-state index contributed by atoms with van der Waals surface area (Å²) in [6, 6.07) is 13.5. The predicted octanol–water partition coefficient (Wildman–Crippen LogP) is 6.13. The van der Waals surface area contributed by atoms with Crippen LogP contribution in [-0.2, 0) is 0 Å². The number of carboxylic acid groups (broad SMARTS) is 1. The number of rotatable bonds is 4. The number of dihydropyridines is 1. The molecular formula is C26H17Cl2F2N3O2. The fourth-order valence-corrected chi connectivity index (χ4v) is 4.58. The van der Waals surface area contributed by atoms with Crippen molar-refractivity contribution in [1.29, 1.82) is 0 Å². The number of nitrogens with one attached hydrogen (secondary N) is 2. The van der Waals surface area contributed by atoms with Gasteiger partial charge in [-0.3, -0.25) is 4.99 Å². The first-order valence-corrected chi connectivity index (χ1v) is 11.3. The van der Waals surface area contributed by atoms with Gasteiger partial charge in [0, 0.05) is 22.8 Å². The lowest BCUT2D eigenvalue weighted by atomic mass is 9.90. The molecule has 35 heavy (non-hydrogen) atoms. The fraction of sp³-hybridized carbons (Fsp3) is 0.0769. The Kier molecular flexibility index (Phi) is 6.05. The van der Waals surface area contributed by atoms with Crippen LogP contribution < -0.4 is 10.6 Å². The molecule has 3 N–H and O–H groups in total. The third-order valence-corrected chi connectivity index (χ3v) is 6.34. The maximum Gasteiger partial charge on any atom is 0.337 e. The van der Waals surface area contributed by atoms with Gasteiger partial charge in [0.1, 0.15) is 17.5 Å². The van der Waals surface area contributed by atoms with Crippen molar-refractivity contribution < 1.29 is 18.7 Å². The van der Waals surface area contributed by atoms with Gasteiger partial charge in [0.05, 0.1) is 28.4 Å². The van der Waals surface area contributed by atoms with Crippen LogP contribution in [-0.4, -0.2) is 29.9 Å². The Morgan fingerprint density at radius 1 is 1.03 bits per heavy atom. The summed E-state index contributed by atoms with van der Waals surface area (Å²) in [7, 11) is 0. The first-order valence-electron chi connectivity index (χ1n) is 10.6. The van der Waals surface area contributed by atoms with Gasteiger partial charge in [-0.25, -0.2) is 13.6 Å². The number of aliphatic imine (C=N–C) groups is 1. The molecule has 2 heterocycles. The van der Waals surface area contributed by atoms with E-state index in [-0.39, 0.29) is 28.4 Å². The molecule has 9 heteroatoms. The van der Waals surface area contributed by atoms with Crippen LogP contribution in [0.5, 0.6) is 0 Å². The monoisotopic (exact) mass is 511 g/mol. The van der Waals surface area contributed by atoms with Crippen molar-refractivity contribution >= 4 is 46.1 Å². The molecule has 2 aliphatic rings. The second-order valence-corrected chi connectivity index (χ2v) is 8.85. The van der Waals surface area contributed by atoms with Crippen LogP contribution in [0.25, 0.3) is 5.57 Å². The van der Waals surface area contributed by atoms with Crippen LogP contribution >= 0.6 is 23.2 Å². The van der Waals surface area contributed by atoms with E-state index in [9.17, 15) is 18.7 Å². The van der Waals surface area contributed by atoms with Gasteiger partial charge in [-0.15, -0.1) is 0 Å². The van der Waals surface area contributed by atoms with Gasteiger partial charge in [-0.1, -0.05) is 35.3 Å². The molecule has 0 atom stereocenters. The number of allylic oxidation sites excluding steroid dienone is 2. The van der Waals surface area contributed by atoms with Crippen LogP contribution in [0.4, 0.5) is 14.5 Å². The van der Waals surface area contributed by atoms with Crippen LogP contribution in [0, 0.1) is 11.6 Å². The van der Waals surface area contributed by atoms with Gasteiger partial charge in [-0.2, -0.15) is 0 Å². The van der Waals surface area contributed by atoms with Crippen LogP contribution in [0.3, 0.4) is 0 Å². The molecule has 0 radical (unpaired) electrons. The number of carboxylic acids is 1. The minimum Gasteiger partial charge on any atom is -0.478 e. The van der Waals surface area contributed by atoms with Crippen molar-refractivity contribution in [3.8, 4) is 0 Å². The largest absolute Gasteiger partial charge is 0.478 e. The molecule has 0 aromatic heterocycles. The number of fused-ring (bicyclic) bond motifs is 2. The zero-order valence-corrected chi connectivity index (χ0v) is 19.5. The highest BCUT2D eigenvalue weighted by molar-refractivity contribution is 6.33. The molecule has 0 saturated heterocycles. The highest BCUT2D eigenvalue weighted by Gasteiger charge is 2.26. The summed E-state index contributed by atoms with van der Waals surface area (Å²) in [5.41, 5.74) is 3.66. The van der Waals surface area contributed by atoms with E-state index in [1.54, 1.807) is 18.2 Å². The fourth-order valence-electron chi connectivity index (χ4n) is 4.15. The van der Waals surface area contributed by atoms with E-state index in [2.05, 4.69) is 15.6 Å². The summed E-state index contributed by atoms with van der Waals surface area (Å²) in [6.45, 7) is 0.675. The minimum atomic E-state index is -1.11. The minimum absolute atomic E-state index is 0.00687. The summed E-state index contributed by atoms with van der Waals surface area (Å²) >= 11 is 12.4. The van der Waals surface area contributed by atoms with E-state index in [4.69, 9.17) is 23.2 Å². The first kappa shape index (κ1) is 23.1. The molecule has 176 valence electrons. The van der Waals surface area contributed by atoms with Crippen LogP contribution in [0.15, 0.2) is 77.1 Å². The van der Waals surface area contributed by atoms with Gasteiger partial charge >= 0.3 is 5.97 Å². The standard InChI is InChI=1S/C26H17Cl2F2N3O2/c27-14-4-6-16-18-10-23(33-15-5-7-17(26(34)35)20(28)9-15)31-11-13(18)12-32-25(19(16)8-14)24-21(29)2-1-3-22(24)30/h1-10,31,33H,11-12H2,(H,34,35). The van der Waals surface area contributed by atoms with Gasteiger partial charge < -0.3 is 15.7 Å². The van der Waals surface area contributed by atoms with E-state index in [0.29, 0.717) is 28.6 Å². The number of benzene rings is 3. The van der Waals surface area contributed by atoms with Gasteiger partial charge in [0.25, 0.3) is 0 Å². The Balaban J connectivity index is 1.56. The summed E-state index contributed by atoms with van der Waals surface area (Å²) in [5.74, 6) is -1.87. The van der Waals surface area contributed by atoms with E-state index < -0.39 is 17.6 Å². The Morgan fingerprint density at radius 3 is 2.51 bits per heavy atom. The topological polar surface area (TPSA) is 73.7 Å². The molecule has 5 rings (SSSR count). The van der Waals surface area contributed by atoms with Crippen molar-refractivity contribution in [2.24, 2.45) is 4.99 Å².